The molecule has 3 nitrogen and oxygen atoms in total. The lowest BCUT2D eigenvalue weighted by Crippen LogP contribution is -2.17. The van der Waals surface area contributed by atoms with Crippen LogP contribution in [0.15, 0.2) is 59.7 Å². The minimum atomic E-state index is -0.311. The quantitative estimate of drug-likeness (QED) is 0.816. The smallest absolute Gasteiger partial charge is 0.0692 e. The van der Waals surface area contributed by atoms with E-state index in [4.69, 9.17) is 16.5 Å². The number of aryl methyl sites for hydroxylation is 2. The molecule has 0 saturated carbocycles. The Morgan fingerprint density at radius 2 is 1.78 bits per heavy atom. The summed E-state index contributed by atoms with van der Waals surface area (Å²) in [6.45, 7) is 9.94. The van der Waals surface area contributed by atoms with E-state index >= 15 is 0 Å². The number of hydrogen-bond acceptors (Lipinski definition) is 3. The Labute approximate surface area is 138 Å². The minimum Gasteiger partial charge on any atom is -0.401 e. The molecular formula is C20H25N3. The Bertz CT molecular complexity index is 727. The summed E-state index contributed by atoms with van der Waals surface area (Å²) in [5, 5.41) is 0. The lowest BCUT2D eigenvalue weighted by Gasteiger charge is -2.12. The highest BCUT2D eigenvalue weighted by atomic mass is 14.7. The highest BCUT2D eigenvalue weighted by Crippen LogP contribution is 2.21. The number of nitrogens with two attached hydrogens (primary N) is 2. The van der Waals surface area contributed by atoms with E-state index in [1.807, 2.05) is 12.1 Å². The summed E-state index contributed by atoms with van der Waals surface area (Å²) in [7, 11) is 0. The molecule has 4 N–H and O–H groups in total. The second-order valence-corrected chi connectivity index (χ2v) is 6.11. The molecule has 0 amide bonds. The molecule has 120 valence electrons. The summed E-state index contributed by atoms with van der Waals surface area (Å²) in [6.07, 6.45) is 0.812. The molecule has 0 fully saturated rings. The number of aliphatic imine (C=N–C) groups is 1. The zero-order chi connectivity index (χ0) is 17.0. The highest BCUT2D eigenvalue weighted by Gasteiger charge is 2.07. The molecule has 23 heavy (non-hydrogen) atoms. The van der Waals surface area contributed by atoms with Gasteiger partial charge in [0.05, 0.1) is 11.7 Å². The maximum Gasteiger partial charge on any atom is 0.0692 e. The van der Waals surface area contributed by atoms with Crippen LogP contribution in [0.1, 0.15) is 35.2 Å². The van der Waals surface area contributed by atoms with Gasteiger partial charge in [0, 0.05) is 17.8 Å². The van der Waals surface area contributed by atoms with Gasteiger partial charge in [0.15, 0.2) is 0 Å². The lowest BCUT2D eigenvalue weighted by atomic mass is 10.0. The monoisotopic (exact) mass is 307 g/mol. The van der Waals surface area contributed by atoms with Crippen LogP contribution in [-0.4, -0.2) is 5.71 Å². The maximum absolute atomic E-state index is 5.97. The fraction of sp³-hybridized carbons (Fsp3) is 0.250. The Balaban J connectivity index is 2.12. The first-order valence-electron chi connectivity index (χ1n) is 7.77. The van der Waals surface area contributed by atoms with Crippen molar-refractivity contribution in [1.82, 2.24) is 0 Å². The van der Waals surface area contributed by atoms with E-state index in [0.29, 0.717) is 5.70 Å². The molecule has 3 heteroatoms. The molecule has 0 aliphatic rings. The third-order valence-corrected chi connectivity index (χ3v) is 3.86. The molecule has 2 aromatic carbocycles. The van der Waals surface area contributed by atoms with Crippen molar-refractivity contribution < 1.29 is 0 Å². The highest BCUT2D eigenvalue weighted by molar-refractivity contribution is 5.87. The summed E-state index contributed by atoms with van der Waals surface area (Å²) in [4.78, 5) is 4.74. The van der Waals surface area contributed by atoms with Gasteiger partial charge in [-0.3, -0.25) is 4.99 Å². The van der Waals surface area contributed by atoms with Gasteiger partial charge in [0.2, 0.25) is 0 Å². The SMILES string of the molecule is C=C(N)C(N)c1ccc(CC(C)=Nc2ccc(C)cc2C)cc1. The Morgan fingerprint density at radius 3 is 2.35 bits per heavy atom. The van der Waals surface area contributed by atoms with E-state index in [9.17, 15) is 0 Å². The molecule has 1 unspecified atom stereocenters. The number of nitrogens with zero attached hydrogens (tertiary/aromatic N) is 1. The predicted octanol–water partition coefficient (Wildman–Crippen LogP) is 4.11. The van der Waals surface area contributed by atoms with E-state index < -0.39 is 0 Å². The Morgan fingerprint density at radius 1 is 1.13 bits per heavy atom. The first-order valence-corrected chi connectivity index (χ1v) is 7.77. The van der Waals surface area contributed by atoms with Crippen molar-refractivity contribution in [2.45, 2.75) is 33.2 Å². The second-order valence-electron chi connectivity index (χ2n) is 6.11. The van der Waals surface area contributed by atoms with Crippen LogP contribution >= 0.6 is 0 Å². The van der Waals surface area contributed by atoms with Gasteiger partial charge in [-0.2, -0.15) is 0 Å². The van der Waals surface area contributed by atoms with E-state index in [-0.39, 0.29) is 6.04 Å². The Hall–Kier alpha value is -2.39. The van der Waals surface area contributed by atoms with Gasteiger partial charge in [0.25, 0.3) is 0 Å². The van der Waals surface area contributed by atoms with Crippen molar-refractivity contribution in [3.05, 3.63) is 77.0 Å². The van der Waals surface area contributed by atoms with E-state index in [2.05, 4.69) is 57.7 Å². The van der Waals surface area contributed by atoms with Crippen LogP contribution in [0.4, 0.5) is 5.69 Å². The zero-order valence-electron chi connectivity index (χ0n) is 14.1. The van der Waals surface area contributed by atoms with Gasteiger partial charge < -0.3 is 11.5 Å². The molecule has 0 heterocycles. The number of hydrogen-bond donors (Lipinski definition) is 2. The molecular weight excluding hydrogens is 282 g/mol. The fourth-order valence-corrected chi connectivity index (χ4v) is 2.53. The van der Waals surface area contributed by atoms with E-state index in [1.165, 1.54) is 16.7 Å². The molecule has 0 saturated heterocycles. The normalized spacial score (nSPS) is 13.0. The summed E-state index contributed by atoms with van der Waals surface area (Å²) in [6, 6.07) is 14.2. The number of rotatable bonds is 5. The van der Waals surface area contributed by atoms with Crippen molar-refractivity contribution in [1.29, 1.82) is 0 Å². The van der Waals surface area contributed by atoms with E-state index in [0.717, 1.165) is 23.4 Å². The first kappa shape index (κ1) is 17.0. The molecule has 0 spiro atoms. The summed E-state index contributed by atoms with van der Waals surface area (Å²) in [5.74, 6) is 0. The van der Waals surface area contributed by atoms with Gasteiger partial charge >= 0.3 is 0 Å². The third kappa shape index (κ3) is 4.54. The lowest BCUT2D eigenvalue weighted by molar-refractivity contribution is 0.836. The molecule has 0 aromatic heterocycles. The van der Waals surface area contributed by atoms with Crippen LogP contribution in [0.25, 0.3) is 0 Å². The van der Waals surface area contributed by atoms with Crippen LogP contribution in [0.3, 0.4) is 0 Å². The molecule has 0 bridgehead atoms. The predicted molar refractivity (Wildman–Crippen MR) is 99.1 cm³/mol. The van der Waals surface area contributed by atoms with Crippen molar-refractivity contribution in [3.63, 3.8) is 0 Å². The Kier molecular flexibility index (Phi) is 5.35. The molecule has 0 aliphatic heterocycles. The second kappa shape index (κ2) is 7.25. The van der Waals surface area contributed by atoms with Crippen LogP contribution < -0.4 is 11.5 Å². The average molecular weight is 307 g/mol. The fourth-order valence-electron chi connectivity index (χ4n) is 2.53. The summed E-state index contributed by atoms with van der Waals surface area (Å²) < 4.78 is 0. The van der Waals surface area contributed by atoms with E-state index in [1.54, 1.807) is 0 Å². The zero-order valence-corrected chi connectivity index (χ0v) is 14.1. The molecule has 1 atom stereocenters. The van der Waals surface area contributed by atoms with Crippen LogP contribution in [0.5, 0.6) is 0 Å². The molecule has 0 radical (unpaired) electrons. The molecule has 2 rings (SSSR count). The topological polar surface area (TPSA) is 64.4 Å². The van der Waals surface area contributed by atoms with Gasteiger partial charge in [-0.25, -0.2) is 0 Å². The summed E-state index contributed by atoms with van der Waals surface area (Å²) >= 11 is 0. The van der Waals surface area contributed by atoms with Gasteiger partial charge in [-0.05, 0) is 43.5 Å². The first-order chi connectivity index (χ1) is 10.9. The van der Waals surface area contributed by atoms with Gasteiger partial charge in [-0.1, -0.05) is 48.5 Å². The molecule has 0 aliphatic carbocycles. The standard InChI is InChI=1S/C20H25N3/c1-13-5-10-19(14(2)11-13)23-15(3)12-17-6-8-18(9-7-17)20(22)16(4)21/h5-11,20H,4,12,21-22H2,1-3H3. The average Bonchev–Trinajstić information content (AvgIpc) is 2.50. The van der Waals surface area contributed by atoms with Crippen molar-refractivity contribution in [2.24, 2.45) is 16.5 Å². The van der Waals surface area contributed by atoms with Gasteiger partial charge in [-0.15, -0.1) is 0 Å². The van der Waals surface area contributed by atoms with Crippen molar-refractivity contribution in [2.75, 3.05) is 0 Å². The van der Waals surface area contributed by atoms with Crippen LogP contribution in [0.2, 0.25) is 0 Å². The van der Waals surface area contributed by atoms with Crippen molar-refractivity contribution >= 4 is 11.4 Å². The maximum atomic E-state index is 5.97. The van der Waals surface area contributed by atoms with Gasteiger partial charge in [0.1, 0.15) is 0 Å². The molecule has 2 aromatic rings. The van der Waals surface area contributed by atoms with Crippen LogP contribution in [0, 0.1) is 13.8 Å². The van der Waals surface area contributed by atoms with Crippen molar-refractivity contribution in [3.8, 4) is 0 Å². The largest absolute Gasteiger partial charge is 0.401 e. The number of benzene rings is 2. The minimum absolute atomic E-state index is 0.311. The third-order valence-electron chi connectivity index (χ3n) is 3.86. The summed E-state index contributed by atoms with van der Waals surface area (Å²) in [5.41, 5.74) is 18.9. The van der Waals surface area contributed by atoms with Crippen LogP contribution in [-0.2, 0) is 6.42 Å².